The van der Waals surface area contributed by atoms with Crippen molar-refractivity contribution in [2.24, 2.45) is 0 Å². The second-order valence-electron chi connectivity index (χ2n) is 7.57. The van der Waals surface area contributed by atoms with Crippen molar-refractivity contribution in [1.82, 2.24) is 14.7 Å². The summed E-state index contributed by atoms with van der Waals surface area (Å²) < 4.78 is 5.76. The van der Waals surface area contributed by atoms with Gasteiger partial charge < -0.3 is 19.6 Å². The van der Waals surface area contributed by atoms with Crippen molar-refractivity contribution in [1.29, 1.82) is 0 Å². The molecule has 0 aromatic heterocycles. The maximum Gasteiger partial charge on any atom is 0.323 e. The third kappa shape index (κ3) is 6.93. The number of hydrogen-bond acceptors (Lipinski definition) is 5. The number of benzene rings is 1. The van der Waals surface area contributed by atoms with Crippen LogP contribution in [0.5, 0.6) is 0 Å². The van der Waals surface area contributed by atoms with Gasteiger partial charge in [-0.25, -0.2) is 0 Å². The smallest absolute Gasteiger partial charge is 0.323 e. The third-order valence-electron chi connectivity index (χ3n) is 4.53. The molecule has 2 atom stereocenters. The molecule has 0 unspecified atom stereocenters. The molecule has 1 heterocycles. The summed E-state index contributed by atoms with van der Waals surface area (Å²) in [5.74, 6) is -1.26. The van der Waals surface area contributed by atoms with Crippen molar-refractivity contribution < 1.29 is 19.4 Å². The van der Waals surface area contributed by atoms with Crippen molar-refractivity contribution in [3.05, 3.63) is 35.4 Å². The number of nitrogens with zero attached hydrogens (tertiary/aromatic N) is 3. The van der Waals surface area contributed by atoms with Gasteiger partial charge in [0.15, 0.2) is 0 Å². The number of rotatable bonds is 8. The quantitative estimate of drug-likeness (QED) is 0.738. The normalized spacial score (nSPS) is 20.6. The molecule has 2 rings (SSSR count). The Morgan fingerprint density at radius 2 is 1.70 bits per heavy atom. The number of morpholine rings is 1. The molecule has 0 bridgehead atoms. The van der Waals surface area contributed by atoms with Gasteiger partial charge in [0.25, 0.3) is 5.91 Å². The van der Waals surface area contributed by atoms with Gasteiger partial charge in [-0.2, -0.15) is 0 Å². The minimum atomic E-state index is -1.01. The van der Waals surface area contributed by atoms with Gasteiger partial charge >= 0.3 is 5.97 Å². The Hall–Kier alpha value is -1.96. The van der Waals surface area contributed by atoms with E-state index in [4.69, 9.17) is 9.84 Å². The lowest BCUT2D eigenvalue weighted by Crippen LogP contribution is -2.44. The molecule has 0 radical (unpaired) electrons. The maximum atomic E-state index is 12.7. The van der Waals surface area contributed by atoms with Crippen LogP contribution in [0.4, 0.5) is 0 Å². The van der Waals surface area contributed by atoms with Gasteiger partial charge in [0.1, 0.15) is 6.54 Å². The minimum Gasteiger partial charge on any atom is -0.480 e. The molecular weight excluding hydrogens is 346 g/mol. The van der Waals surface area contributed by atoms with Crippen LogP contribution in [0.3, 0.4) is 0 Å². The average Bonchev–Trinajstić information content (AvgIpc) is 2.57. The molecule has 7 nitrogen and oxygen atoms in total. The molecule has 1 aliphatic rings. The number of ether oxygens (including phenoxy) is 1. The first-order valence-corrected chi connectivity index (χ1v) is 9.37. The summed E-state index contributed by atoms with van der Waals surface area (Å²) in [5, 5.41) is 9.09. The fourth-order valence-corrected chi connectivity index (χ4v) is 3.34. The number of carbonyl (C=O) groups excluding carboxylic acids is 1. The lowest BCUT2D eigenvalue weighted by atomic mass is 10.1. The Balaban J connectivity index is 2.01. The van der Waals surface area contributed by atoms with Gasteiger partial charge in [-0.15, -0.1) is 0 Å². The predicted octanol–water partition coefficient (Wildman–Crippen LogP) is 1.38. The van der Waals surface area contributed by atoms with E-state index in [1.165, 1.54) is 4.90 Å². The molecule has 1 amide bonds. The number of hydrogen-bond donors (Lipinski definition) is 1. The molecule has 0 aliphatic carbocycles. The van der Waals surface area contributed by atoms with E-state index < -0.39 is 5.97 Å². The molecule has 7 heteroatoms. The standard InChI is InChI=1S/C20H31N3O4/c1-15-11-22(12-16(2)27-15)13-17-5-7-18(8-6-17)20(26)23(14-19(24)25)10-9-21(3)4/h5-8,15-16H,9-14H2,1-4H3,(H,24,25)/t15-,16-/m0/s1. The summed E-state index contributed by atoms with van der Waals surface area (Å²) in [6.07, 6.45) is 0.437. The summed E-state index contributed by atoms with van der Waals surface area (Å²) >= 11 is 0. The fourth-order valence-electron chi connectivity index (χ4n) is 3.34. The van der Waals surface area contributed by atoms with Crippen LogP contribution in [-0.4, -0.2) is 90.7 Å². The fraction of sp³-hybridized carbons (Fsp3) is 0.600. The molecule has 1 aromatic carbocycles. The molecule has 1 saturated heterocycles. The first-order valence-electron chi connectivity index (χ1n) is 9.37. The van der Waals surface area contributed by atoms with E-state index in [1.807, 2.05) is 31.1 Å². The van der Waals surface area contributed by atoms with E-state index in [1.54, 1.807) is 12.1 Å². The Labute approximate surface area is 161 Å². The van der Waals surface area contributed by atoms with Crippen LogP contribution in [0.25, 0.3) is 0 Å². The first kappa shape index (κ1) is 21.3. The monoisotopic (exact) mass is 377 g/mol. The molecule has 1 aliphatic heterocycles. The predicted molar refractivity (Wildman–Crippen MR) is 104 cm³/mol. The minimum absolute atomic E-state index is 0.218. The highest BCUT2D eigenvalue weighted by atomic mass is 16.5. The Morgan fingerprint density at radius 1 is 1.11 bits per heavy atom. The third-order valence-corrected chi connectivity index (χ3v) is 4.53. The van der Waals surface area contributed by atoms with E-state index >= 15 is 0 Å². The topological polar surface area (TPSA) is 73.3 Å². The van der Waals surface area contributed by atoms with Crippen molar-refractivity contribution in [2.45, 2.75) is 32.6 Å². The molecular formula is C20H31N3O4. The Bertz CT molecular complexity index is 623. The lowest BCUT2D eigenvalue weighted by molar-refractivity contribution is -0.137. The molecule has 0 saturated carbocycles. The summed E-state index contributed by atoms with van der Waals surface area (Å²) in [4.78, 5) is 29.4. The summed E-state index contributed by atoms with van der Waals surface area (Å²) in [7, 11) is 3.79. The van der Waals surface area contributed by atoms with Gasteiger partial charge in [0, 0.05) is 38.3 Å². The zero-order valence-corrected chi connectivity index (χ0v) is 16.7. The number of amides is 1. The number of likely N-dealkylation sites (N-methyl/N-ethyl adjacent to an activating group) is 1. The largest absolute Gasteiger partial charge is 0.480 e. The van der Waals surface area contributed by atoms with Gasteiger partial charge in [0.05, 0.1) is 12.2 Å². The highest BCUT2D eigenvalue weighted by Crippen LogP contribution is 2.15. The van der Waals surface area contributed by atoms with Crippen molar-refractivity contribution in [3.8, 4) is 0 Å². The van der Waals surface area contributed by atoms with Crippen molar-refractivity contribution in [2.75, 3.05) is 46.8 Å². The molecule has 150 valence electrons. The van der Waals surface area contributed by atoms with E-state index in [2.05, 4.69) is 18.7 Å². The maximum absolute atomic E-state index is 12.7. The van der Waals surface area contributed by atoms with Gasteiger partial charge in [0.2, 0.25) is 0 Å². The molecule has 1 N–H and O–H groups in total. The van der Waals surface area contributed by atoms with E-state index in [-0.39, 0.29) is 24.7 Å². The molecule has 1 aromatic rings. The second kappa shape index (κ2) is 9.82. The van der Waals surface area contributed by atoms with Crippen LogP contribution in [0, 0.1) is 0 Å². The van der Waals surface area contributed by atoms with Crippen molar-refractivity contribution >= 4 is 11.9 Å². The van der Waals surface area contributed by atoms with Crippen LogP contribution in [0.1, 0.15) is 29.8 Å². The lowest BCUT2D eigenvalue weighted by Gasteiger charge is -2.35. The molecule has 27 heavy (non-hydrogen) atoms. The molecule has 0 spiro atoms. The average molecular weight is 377 g/mol. The zero-order chi connectivity index (χ0) is 20.0. The number of carboxylic acids is 1. The van der Waals surface area contributed by atoms with E-state index in [0.717, 1.165) is 25.2 Å². The van der Waals surface area contributed by atoms with Crippen LogP contribution in [-0.2, 0) is 16.1 Å². The summed E-state index contributed by atoms with van der Waals surface area (Å²) in [5.41, 5.74) is 1.65. The zero-order valence-electron chi connectivity index (χ0n) is 16.7. The SMILES string of the molecule is C[C@H]1CN(Cc2ccc(C(=O)N(CCN(C)C)CC(=O)O)cc2)C[C@H](C)O1. The highest BCUT2D eigenvalue weighted by molar-refractivity contribution is 5.95. The second-order valence-corrected chi connectivity index (χ2v) is 7.57. The first-order chi connectivity index (χ1) is 12.7. The summed E-state index contributed by atoms with van der Waals surface area (Å²) in [6, 6.07) is 7.47. The van der Waals surface area contributed by atoms with Crippen LogP contribution in [0.15, 0.2) is 24.3 Å². The van der Waals surface area contributed by atoms with Gasteiger partial charge in [-0.3, -0.25) is 14.5 Å². The number of carbonyl (C=O) groups is 2. The Kier molecular flexibility index (Phi) is 7.77. The Morgan fingerprint density at radius 3 is 2.22 bits per heavy atom. The highest BCUT2D eigenvalue weighted by Gasteiger charge is 2.22. The van der Waals surface area contributed by atoms with Crippen LogP contribution < -0.4 is 0 Å². The van der Waals surface area contributed by atoms with E-state index in [9.17, 15) is 9.59 Å². The van der Waals surface area contributed by atoms with Crippen molar-refractivity contribution in [3.63, 3.8) is 0 Å². The number of aliphatic carboxylic acids is 1. The summed E-state index contributed by atoms with van der Waals surface area (Å²) in [6.45, 7) is 7.45. The van der Waals surface area contributed by atoms with Gasteiger partial charge in [-0.1, -0.05) is 12.1 Å². The van der Waals surface area contributed by atoms with Gasteiger partial charge in [-0.05, 0) is 45.6 Å². The number of carboxylic acid groups (broad SMARTS) is 1. The van der Waals surface area contributed by atoms with Crippen LogP contribution >= 0.6 is 0 Å². The van der Waals surface area contributed by atoms with E-state index in [0.29, 0.717) is 18.7 Å². The van der Waals surface area contributed by atoms with Crippen LogP contribution in [0.2, 0.25) is 0 Å². The molecule has 1 fully saturated rings.